The minimum Gasteiger partial charge on any atom is -0.361 e. The van der Waals surface area contributed by atoms with Crippen molar-refractivity contribution in [3.8, 4) is 11.1 Å². The van der Waals surface area contributed by atoms with Gasteiger partial charge in [0.05, 0.1) is 5.69 Å². The van der Waals surface area contributed by atoms with Gasteiger partial charge in [0.1, 0.15) is 11.6 Å². The number of hydrogen-bond donors (Lipinski definition) is 2. The number of nitrogens with zero attached hydrogens (tertiary/aromatic N) is 1. The molecule has 0 bridgehead atoms. The summed E-state index contributed by atoms with van der Waals surface area (Å²) in [6.45, 7) is 0. The van der Waals surface area contributed by atoms with Crippen LogP contribution in [-0.2, 0) is 9.59 Å². The van der Waals surface area contributed by atoms with E-state index >= 15 is 0 Å². The van der Waals surface area contributed by atoms with Crippen molar-refractivity contribution in [3.05, 3.63) is 90.6 Å². The van der Waals surface area contributed by atoms with E-state index in [1.165, 1.54) is 0 Å². The zero-order valence-electron chi connectivity index (χ0n) is 15.4. The second kappa shape index (κ2) is 6.87. The summed E-state index contributed by atoms with van der Waals surface area (Å²) in [6.07, 6.45) is 1.78. The van der Waals surface area contributed by atoms with Crippen molar-refractivity contribution in [2.75, 3.05) is 0 Å². The average molecular weight is 379 g/mol. The van der Waals surface area contributed by atoms with Gasteiger partial charge in [0.2, 0.25) is 5.91 Å². The molecule has 29 heavy (non-hydrogen) atoms. The van der Waals surface area contributed by atoms with Gasteiger partial charge in [-0.25, -0.2) is 4.99 Å². The molecule has 0 radical (unpaired) electrons. The van der Waals surface area contributed by atoms with Crippen LogP contribution in [0.1, 0.15) is 11.5 Å². The monoisotopic (exact) mass is 379 g/mol. The van der Waals surface area contributed by atoms with E-state index in [4.69, 9.17) is 0 Å². The highest BCUT2D eigenvalue weighted by atomic mass is 16.2. The normalized spacial score (nSPS) is 17.8. The number of aliphatic imine (C=N–C) groups is 1. The van der Waals surface area contributed by atoms with Crippen LogP contribution in [0.2, 0.25) is 0 Å². The predicted octanol–water partition coefficient (Wildman–Crippen LogP) is 4.35. The number of para-hydroxylation sites is 1. The number of amides is 2. The third kappa shape index (κ3) is 3.02. The molecule has 1 aromatic heterocycles. The molecule has 1 unspecified atom stereocenters. The molecule has 5 heteroatoms. The molecule has 5 nitrogen and oxygen atoms in total. The van der Waals surface area contributed by atoms with Crippen molar-refractivity contribution in [2.45, 2.75) is 5.92 Å². The van der Waals surface area contributed by atoms with Gasteiger partial charge < -0.3 is 4.98 Å². The fourth-order valence-electron chi connectivity index (χ4n) is 3.76. The summed E-state index contributed by atoms with van der Waals surface area (Å²) in [5.74, 6) is -1.54. The smallest absolute Gasteiger partial charge is 0.273 e. The van der Waals surface area contributed by atoms with Gasteiger partial charge >= 0.3 is 0 Å². The minimum absolute atomic E-state index is 0.213. The highest BCUT2D eigenvalue weighted by Gasteiger charge is 2.40. The Hall–Kier alpha value is -3.99. The first-order valence-corrected chi connectivity index (χ1v) is 9.36. The summed E-state index contributed by atoms with van der Waals surface area (Å²) in [4.78, 5) is 32.9. The highest BCUT2D eigenvalue weighted by molar-refractivity contribution is 6.52. The van der Waals surface area contributed by atoms with E-state index in [0.717, 1.165) is 27.6 Å². The maximum atomic E-state index is 12.6. The summed E-state index contributed by atoms with van der Waals surface area (Å²) < 4.78 is 0. The predicted molar refractivity (Wildman–Crippen MR) is 113 cm³/mol. The van der Waals surface area contributed by atoms with Crippen LogP contribution in [0.3, 0.4) is 0 Å². The van der Waals surface area contributed by atoms with E-state index in [2.05, 4.69) is 15.3 Å². The number of H-pyrrole nitrogens is 1. The Morgan fingerprint density at radius 1 is 0.793 bits per heavy atom. The number of carbonyl (C=O) groups excluding carboxylic acids is 2. The van der Waals surface area contributed by atoms with Crippen molar-refractivity contribution >= 4 is 34.1 Å². The summed E-state index contributed by atoms with van der Waals surface area (Å²) in [7, 11) is 0. The quantitative estimate of drug-likeness (QED) is 0.520. The fraction of sp³-hybridized carbons (Fsp3) is 0.0417. The Bertz CT molecular complexity index is 1270. The molecule has 1 aliphatic rings. The molecule has 0 aliphatic carbocycles. The molecule has 1 fully saturated rings. The topological polar surface area (TPSA) is 74.3 Å². The van der Waals surface area contributed by atoms with Gasteiger partial charge in [0, 0.05) is 17.1 Å². The van der Waals surface area contributed by atoms with Crippen molar-refractivity contribution in [1.29, 1.82) is 0 Å². The molecule has 0 saturated carbocycles. The van der Waals surface area contributed by atoms with Crippen LogP contribution in [0, 0.1) is 0 Å². The average Bonchev–Trinajstić information content (AvgIpc) is 3.29. The number of fused-ring (bicyclic) bond motifs is 1. The van der Waals surface area contributed by atoms with Gasteiger partial charge in [-0.1, -0.05) is 60.7 Å². The molecule has 3 aromatic carbocycles. The maximum absolute atomic E-state index is 12.6. The summed E-state index contributed by atoms with van der Waals surface area (Å²) in [6, 6.07) is 25.3. The molecule has 2 N–H and O–H groups in total. The second-order valence-electron chi connectivity index (χ2n) is 6.95. The Labute approximate surface area is 167 Å². The fourth-order valence-corrected chi connectivity index (χ4v) is 3.76. The number of aromatic amines is 1. The van der Waals surface area contributed by atoms with Crippen LogP contribution in [0.4, 0.5) is 5.69 Å². The molecule has 2 heterocycles. The van der Waals surface area contributed by atoms with E-state index in [-0.39, 0.29) is 11.6 Å². The van der Waals surface area contributed by atoms with Crippen LogP contribution in [-0.4, -0.2) is 22.5 Å². The molecule has 5 rings (SSSR count). The minimum atomic E-state index is -0.737. The third-order valence-electron chi connectivity index (χ3n) is 5.14. The van der Waals surface area contributed by atoms with E-state index < -0.39 is 11.8 Å². The first-order valence-electron chi connectivity index (χ1n) is 9.36. The number of benzene rings is 3. The van der Waals surface area contributed by atoms with Crippen LogP contribution in [0.15, 0.2) is 90.1 Å². The third-order valence-corrected chi connectivity index (χ3v) is 5.14. The van der Waals surface area contributed by atoms with Gasteiger partial charge in [0.25, 0.3) is 5.91 Å². The number of imide groups is 1. The van der Waals surface area contributed by atoms with Gasteiger partial charge in [-0.15, -0.1) is 0 Å². The van der Waals surface area contributed by atoms with Gasteiger partial charge in [0.15, 0.2) is 0 Å². The van der Waals surface area contributed by atoms with Gasteiger partial charge in [-0.2, -0.15) is 0 Å². The SMILES string of the molecule is O=C1NC(=O)C(c2c[nH]c3ccccc23)C1=Nc1cccc(-c2ccccc2)c1. The molecule has 0 spiro atoms. The molecule has 140 valence electrons. The molecule has 4 aromatic rings. The Morgan fingerprint density at radius 3 is 2.41 bits per heavy atom. The van der Waals surface area contributed by atoms with Crippen LogP contribution in [0.25, 0.3) is 22.0 Å². The first kappa shape index (κ1) is 17.1. The molecular formula is C24H17N3O2. The van der Waals surface area contributed by atoms with E-state index in [1.54, 1.807) is 6.20 Å². The lowest BCUT2D eigenvalue weighted by molar-refractivity contribution is -0.124. The number of aromatic nitrogens is 1. The lowest BCUT2D eigenvalue weighted by atomic mass is 9.95. The van der Waals surface area contributed by atoms with Crippen molar-refractivity contribution in [2.24, 2.45) is 4.99 Å². The second-order valence-corrected chi connectivity index (χ2v) is 6.95. The summed E-state index contributed by atoms with van der Waals surface area (Å²) >= 11 is 0. The first-order chi connectivity index (χ1) is 14.2. The Morgan fingerprint density at radius 2 is 1.55 bits per heavy atom. The molecule has 1 aliphatic heterocycles. The zero-order chi connectivity index (χ0) is 19.8. The van der Waals surface area contributed by atoms with E-state index in [1.807, 2.05) is 78.9 Å². The lowest BCUT2D eigenvalue weighted by Crippen LogP contribution is -2.22. The molecular weight excluding hydrogens is 362 g/mol. The Balaban J connectivity index is 1.59. The number of rotatable bonds is 3. The van der Waals surface area contributed by atoms with Crippen molar-refractivity contribution in [1.82, 2.24) is 10.3 Å². The summed E-state index contributed by atoms with van der Waals surface area (Å²) in [5.41, 5.74) is 4.58. The van der Waals surface area contributed by atoms with E-state index in [9.17, 15) is 9.59 Å². The lowest BCUT2D eigenvalue weighted by Gasteiger charge is -2.07. The van der Waals surface area contributed by atoms with Crippen LogP contribution >= 0.6 is 0 Å². The van der Waals surface area contributed by atoms with Crippen LogP contribution < -0.4 is 5.32 Å². The molecule has 2 amide bonds. The maximum Gasteiger partial charge on any atom is 0.273 e. The zero-order valence-corrected chi connectivity index (χ0v) is 15.4. The standard InChI is InChI=1S/C24H17N3O2/c28-23-21(19-14-25-20-12-5-4-11-18(19)20)22(24(29)27-23)26-17-10-6-9-16(13-17)15-7-2-1-3-8-15/h1-14,21,25H,(H,27,28,29). The van der Waals surface area contributed by atoms with Gasteiger partial charge in [-0.05, 0) is 34.9 Å². The number of nitrogens with one attached hydrogen (secondary N) is 2. The van der Waals surface area contributed by atoms with E-state index in [0.29, 0.717) is 5.69 Å². The van der Waals surface area contributed by atoms with Crippen molar-refractivity contribution < 1.29 is 9.59 Å². The largest absolute Gasteiger partial charge is 0.361 e. The summed E-state index contributed by atoms with van der Waals surface area (Å²) in [5, 5.41) is 3.32. The molecule has 1 atom stereocenters. The van der Waals surface area contributed by atoms with Crippen molar-refractivity contribution in [3.63, 3.8) is 0 Å². The molecule has 1 saturated heterocycles. The Kier molecular flexibility index (Phi) is 4.06. The van der Waals surface area contributed by atoms with Gasteiger partial charge in [-0.3, -0.25) is 14.9 Å². The van der Waals surface area contributed by atoms with Crippen LogP contribution in [0.5, 0.6) is 0 Å². The number of hydrogen-bond acceptors (Lipinski definition) is 3. The number of carbonyl (C=O) groups is 2. The highest BCUT2D eigenvalue weighted by Crippen LogP contribution is 2.32.